The number of amides is 1. The Kier molecular flexibility index (Phi) is 4.16. The fourth-order valence-corrected chi connectivity index (χ4v) is 2.09. The molecule has 0 saturated carbocycles. The Morgan fingerprint density at radius 2 is 2.21 bits per heavy atom. The van der Waals surface area contributed by atoms with Gasteiger partial charge in [0.15, 0.2) is 0 Å². The number of hydrogen-bond donors (Lipinski definition) is 2. The summed E-state index contributed by atoms with van der Waals surface area (Å²) in [7, 11) is 0. The zero-order valence-corrected chi connectivity index (χ0v) is 11.4. The first-order chi connectivity index (χ1) is 9.09. The fourth-order valence-electron chi connectivity index (χ4n) is 2.09. The lowest BCUT2D eigenvalue weighted by molar-refractivity contribution is -0.121. The monoisotopic (exact) mass is 260 g/mol. The summed E-state index contributed by atoms with van der Waals surface area (Å²) in [5.41, 5.74) is 7.64. The van der Waals surface area contributed by atoms with Crippen molar-refractivity contribution in [1.29, 1.82) is 0 Å². The smallest absolute Gasteiger partial charge is 0.236 e. The largest absolute Gasteiger partial charge is 0.355 e. The highest BCUT2D eigenvalue weighted by molar-refractivity contribution is 5.80. The van der Waals surface area contributed by atoms with Crippen molar-refractivity contribution in [2.24, 2.45) is 5.73 Å². The van der Waals surface area contributed by atoms with Gasteiger partial charge in [-0.15, -0.1) is 0 Å². The maximum atomic E-state index is 11.3. The SMILES string of the molecule is Cc1nc2ccccc2n1CCCNC(=O)C(C)N. The molecular weight excluding hydrogens is 240 g/mol. The van der Waals surface area contributed by atoms with E-state index in [1.54, 1.807) is 6.92 Å². The number of carbonyl (C=O) groups is 1. The summed E-state index contributed by atoms with van der Waals surface area (Å²) in [6.45, 7) is 5.15. The third kappa shape index (κ3) is 3.12. The number of hydrogen-bond acceptors (Lipinski definition) is 3. The summed E-state index contributed by atoms with van der Waals surface area (Å²) in [6, 6.07) is 7.63. The molecule has 3 N–H and O–H groups in total. The maximum absolute atomic E-state index is 11.3. The Hall–Kier alpha value is -1.88. The number of benzene rings is 1. The van der Waals surface area contributed by atoms with Crippen LogP contribution in [0.25, 0.3) is 11.0 Å². The Labute approximate surface area is 112 Å². The molecule has 1 amide bonds. The number of aromatic nitrogens is 2. The second kappa shape index (κ2) is 5.84. The summed E-state index contributed by atoms with van der Waals surface area (Å²) in [5.74, 6) is 0.895. The number of aryl methyl sites for hydroxylation is 2. The zero-order chi connectivity index (χ0) is 13.8. The first-order valence-electron chi connectivity index (χ1n) is 6.55. The molecule has 0 aliphatic rings. The van der Waals surface area contributed by atoms with Gasteiger partial charge in [0.2, 0.25) is 5.91 Å². The average molecular weight is 260 g/mol. The van der Waals surface area contributed by atoms with Crippen LogP contribution in [-0.4, -0.2) is 28.0 Å². The standard InChI is InChI=1S/C14H20N4O/c1-10(15)14(19)16-8-5-9-18-11(2)17-12-6-3-4-7-13(12)18/h3-4,6-7,10H,5,8-9,15H2,1-2H3,(H,16,19). The molecule has 1 atom stereocenters. The van der Waals surface area contributed by atoms with Crippen molar-refractivity contribution in [1.82, 2.24) is 14.9 Å². The first kappa shape index (κ1) is 13.5. The third-order valence-electron chi connectivity index (χ3n) is 3.12. The van der Waals surface area contributed by atoms with E-state index in [0.717, 1.165) is 29.8 Å². The minimum absolute atomic E-state index is 0.104. The molecule has 0 saturated heterocycles. The Morgan fingerprint density at radius 1 is 1.47 bits per heavy atom. The van der Waals surface area contributed by atoms with Crippen molar-refractivity contribution in [3.8, 4) is 0 Å². The topological polar surface area (TPSA) is 72.9 Å². The van der Waals surface area contributed by atoms with E-state index in [0.29, 0.717) is 6.54 Å². The van der Waals surface area contributed by atoms with Crippen molar-refractivity contribution in [2.45, 2.75) is 32.9 Å². The van der Waals surface area contributed by atoms with Crippen molar-refractivity contribution in [3.63, 3.8) is 0 Å². The molecule has 0 fully saturated rings. The van der Waals surface area contributed by atoms with E-state index >= 15 is 0 Å². The van der Waals surface area contributed by atoms with Crippen LogP contribution >= 0.6 is 0 Å². The number of imidazole rings is 1. The lowest BCUT2D eigenvalue weighted by Gasteiger charge is -2.09. The second-order valence-electron chi connectivity index (χ2n) is 4.73. The fraction of sp³-hybridized carbons (Fsp3) is 0.429. The summed E-state index contributed by atoms with van der Waals surface area (Å²) in [6.07, 6.45) is 0.861. The Balaban J connectivity index is 1.95. The number of rotatable bonds is 5. The Bertz CT molecular complexity index is 574. The lowest BCUT2D eigenvalue weighted by atomic mass is 10.3. The highest BCUT2D eigenvalue weighted by Crippen LogP contribution is 2.15. The van der Waals surface area contributed by atoms with E-state index in [4.69, 9.17) is 5.73 Å². The highest BCUT2D eigenvalue weighted by atomic mass is 16.2. The quantitative estimate of drug-likeness (QED) is 0.793. The molecule has 0 aliphatic heterocycles. The van der Waals surface area contributed by atoms with E-state index in [9.17, 15) is 4.79 Å². The van der Waals surface area contributed by atoms with E-state index in [-0.39, 0.29) is 5.91 Å². The second-order valence-corrected chi connectivity index (χ2v) is 4.73. The summed E-state index contributed by atoms with van der Waals surface area (Å²) < 4.78 is 2.17. The minimum Gasteiger partial charge on any atom is -0.355 e. The van der Waals surface area contributed by atoms with Crippen LogP contribution in [0.5, 0.6) is 0 Å². The van der Waals surface area contributed by atoms with Gasteiger partial charge >= 0.3 is 0 Å². The molecule has 0 bridgehead atoms. The molecule has 1 aromatic heterocycles. The van der Waals surface area contributed by atoms with Gasteiger partial charge in [0.1, 0.15) is 5.82 Å². The van der Waals surface area contributed by atoms with Crippen LogP contribution < -0.4 is 11.1 Å². The number of carbonyl (C=O) groups excluding carboxylic acids is 1. The van der Waals surface area contributed by atoms with Crippen LogP contribution in [0.1, 0.15) is 19.2 Å². The summed E-state index contributed by atoms with van der Waals surface area (Å²) >= 11 is 0. The van der Waals surface area contributed by atoms with Crippen LogP contribution in [0, 0.1) is 6.92 Å². The number of nitrogens with one attached hydrogen (secondary N) is 1. The highest BCUT2D eigenvalue weighted by Gasteiger charge is 2.08. The molecule has 0 radical (unpaired) electrons. The molecule has 5 nitrogen and oxygen atoms in total. The molecule has 19 heavy (non-hydrogen) atoms. The van der Waals surface area contributed by atoms with Crippen LogP contribution in [0.15, 0.2) is 24.3 Å². The van der Waals surface area contributed by atoms with Gasteiger partial charge in [-0.1, -0.05) is 12.1 Å². The van der Waals surface area contributed by atoms with Crippen molar-refractivity contribution >= 4 is 16.9 Å². The minimum atomic E-state index is -0.448. The predicted molar refractivity (Wildman–Crippen MR) is 75.7 cm³/mol. The van der Waals surface area contributed by atoms with E-state index < -0.39 is 6.04 Å². The van der Waals surface area contributed by atoms with Crippen molar-refractivity contribution < 1.29 is 4.79 Å². The van der Waals surface area contributed by atoms with E-state index in [1.807, 2.05) is 25.1 Å². The van der Waals surface area contributed by atoms with Gasteiger partial charge in [-0.2, -0.15) is 0 Å². The van der Waals surface area contributed by atoms with Crippen LogP contribution in [0.2, 0.25) is 0 Å². The molecule has 2 rings (SSSR count). The van der Waals surface area contributed by atoms with Crippen molar-refractivity contribution in [2.75, 3.05) is 6.54 Å². The van der Waals surface area contributed by atoms with Crippen molar-refractivity contribution in [3.05, 3.63) is 30.1 Å². The normalized spacial score (nSPS) is 12.6. The van der Waals surface area contributed by atoms with Gasteiger partial charge < -0.3 is 15.6 Å². The number of fused-ring (bicyclic) bond motifs is 1. The van der Waals surface area contributed by atoms with Gasteiger partial charge in [0.25, 0.3) is 0 Å². The molecule has 1 heterocycles. The molecule has 1 aromatic carbocycles. The Morgan fingerprint density at radius 3 is 2.95 bits per heavy atom. The van der Waals surface area contributed by atoms with E-state index in [1.165, 1.54) is 0 Å². The van der Waals surface area contributed by atoms with Crippen LogP contribution in [-0.2, 0) is 11.3 Å². The number of para-hydroxylation sites is 2. The molecule has 0 spiro atoms. The molecule has 1 unspecified atom stereocenters. The summed E-state index contributed by atoms with van der Waals surface area (Å²) in [4.78, 5) is 15.8. The van der Waals surface area contributed by atoms with E-state index in [2.05, 4.69) is 20.9 Å². The van der Waals surface area contributed by atoms with Crippen LogP contribution in [0.4, 0.5) is 0 Å². The van der Waals surface area contributed by atoms with Crippen LogP contribution in [0.3, 0.4) is 0 Å². The summed E-state index contributed by atoms with van der Waals surface area (Å²) in [5, 5.41) is 2.81. The zero-order valence-electron chi connectivity index (χ0n) is 11.4. The molecule has 102 valence electrons. The molecule has 5 heteroatoms. The average Bonchev–Trinajstić information content (AvgIpc) is 2.70. The molecule has 0 aliphatic carbocycles. The number of nitrogens with two attached hydrogens (primary N) is 1. The van der Waals surface area contributed by atoms with Gasteiger partial charge in [-0.3, -0.25) is 4.79 Å². The van der Waals surface area contributed by atoms with Gasteiger partial charge in [0.05, 0.1) is 17.1 Å². The maximum Gasteiger partial charge on any atom is 0.236 e. The predicted octanol–water partition coefficient (Wildman–Crippen LogP) is 1.20. The van der Waals surface area contributed by atoms with Gasteiger partial charge in [0, 0.05) is 13.1 Å². The lowest BCUT2D eigenvalue weighted by Crippen LogP contribution is -2.38. The number of nitrogens with zero attached hydrogens (tertiary/aromatic N) is 2. The first-order valence-corrected chi connectivity index (χ1v) is 6.55. The molecular formula is C14H20N4O. The van der Waals surface area contributed by atoms with Gasteiger partial charge in [-0.25, -0.2) is 4.98 Å². The molecule has 2 aromatic rings. The third-order valence-corrected chi connectivity index (χ3v) is 3.12. The van der Waals surface area contributed by atoms with Gasteiger partial charge in [-0.05, 0) is 32.4 Å².